The molecule has 1 atom stereocenters. The van der Waals surface area contributed by atoms with E-state index in [2.05, 4.69) is 21.1 Å². The summed E-state index contributed by atoms with van der Waals surface area (Å²) < 4.78 is 10.9. The lowest BCUT2D eigenvalue weighted by Crippen LogP contribution is -2.55. The van der Waals surface area contributed by atoms with Crippen LogP contribution in [0.3, 0.4) is 0 Å². The van der Waals surface area contributed by atoms with Gasteiger partial charge in [0.2, 0.25) is 0 Å². The van der Waals surface area contributed by atoms with E-state index in [1.165, 1.54) is 5.56 Å². The number of benzene rings is 1. The van der Waals surface area contributed by atoms with Gasteiger partial charge in [-0.25, -0.2) is 0 Å². The topological polar surface area (TPSA) is 66.4 Å². The Kier molecular flexibility index (Phi) is 10.2. The number of carbonyl (C=O) groups is 1. The van der Waals surface area contributed by atoms with Gasteiger partial charge in [-0.2, -0.15) is 0 Å². The van der Waals surface area contributed by atoms with Crippen LogP contribution in [0.5, 0.6) is 5.75 Å². The van der Waals surface area contributed by atoms with Gasteiger partial charge < -0.3 is 24.6 Å². The molecule has 2 aliphatic heterocycles. The number of hydrogen-bond donors (Lipinski definition) is 1. The zero-order valence-corrected chi connectivity index (χ0v) is 19.8. The molecule has 2 fully saturated rings. The van der Waals surface area contributed by atoms with Gasteiger partial charge in [-0.1, -0.05) is 18.1 Å². The molecule has 2 saturated heterocycles. The summed E-state index contributed by atoms with van der Waals surface area (Å²) in [5, 5.41) is 3.43. The number of ether oxygens (including phenoxy) is 2. The summed E-state index contributed by atoms with van der Waals surface area (Å²) in [7, 11) is 1.80. The fourth-order valence-electron chi connectivity index (χ4n) is 3.64. The molecule has 1 unspecified atom stereocenters. The van der Waals surface area contributed by atoms with Crippen molar-refractivity contribution in [1.29, 1.82) is 0 Å². The average molecular weight is 526 g/mol. The first-order valence-corrected chi connectivity index (χ1v) is 10.2. The third-order valence-electron chi connectivity index (χ3n) is 5.25. The molecular weight excluding hydrogens is 495 g/mol. The van der Waals surface area contributed by atoms with Crippen molar-refractivity contribution in [1.82, 2.24) is 15.1 Å². The highest BCUT2D eigenvalue weighted by atomic mass is 127. The van der Waals surface area contributed by atoms with E-state index in [-0.39, 0.29) is 42.6 Å². The number of hydrogen-bond acceptors (Lipinski definition) is 4. The van der Waals surface area contributed by atoms with Crippen molar-refractivity contribution in [2.45, 2.75) is 25.4 Å². The Morgan fingerprint density at radius 1 is 1.27 bits per heavy atom. The highest BCUT2D eigenvalue weighted by Gasteiger charge is 2.30. The molecule has 0 bridgehead atoms. The van der Waals surface area contributed by atoms with Crippen LogP contribution in [0.15, 0.2) is 29.3 Å². The van der Waals surface area contributed by atoms with E-state index < -0.39 is 0 Å². The van der Waals surface area contributed by atoms with Crippen molar-refractivity contribution in [2.24, 2.45) is 4.99 Å². The van der Waals surface area contributed by atoms with E-state index in [9.17, 15) is 4.79 Å². The first-order valence-electron chi connectivity index (χ1n) is 10.2. The van der Waals surface area contributed by atoms with E-state index in [1.54, 1.807) is 7.05 Å². The first-order chi connectivity index (χ1) is 14.2. The van der Waals surface area contributed by atoms with Crippen LogP contribution in [0, 0.1) is 12.3 Å². The van der Waals surface area contributed by atoms with E-state index >= 15 is 0 Å². The molecule has 30 heavy (non-hydrogen) atoms. The van der Waals surface area contributed by atoms with Crippen molar-refractivity contribution in [3.8, 4) is 18.1 Å². The summed E-state index contributed by atoms with van der Waals surface area (Å²) in [6, 6.07) is 7.97. The van der Waals surface area contributed by atoms with Gasteiger partial charge in [0.1, 0.15) is 18.5 Å². The fourth-order valence-corrected chi connectivity index (χ4v) is 3.64. The minimum Gasteiger partial charge on any atom is -0.481 e. The number of guanidine groups is 1. The van der Waals surface area contributed by atoms with Crippen LogP contribution in [0.2, 0.25) is 0 Å². The summed E-state index contributed by atoms with van der Waals surface area (Å²) in [5.41, 5.74) is 1.22. The summed E-state index contributed by atoms with van der Waals surface area (Å²) in [5.74, 6) is 4.26. The van der Waals surface area contributed by atoms with Crippen LogP contribution in [0.1, 0.15) is 18.4 Å². The van der Waals surface area contributed by atoms with Crippen LogP contribution in [-0.4, -0.2) is 80.8 Å². The normalized spacial score (nSPS) is 19.1. The van der Waals surface area contributed by atoms with E-state index in [0.717, 1.165) is 50.6 Å². The molecule has 7 nitrogen and oxygen atoms in total. The zero-order valence-electron chi connectivity index (χ0n) is 17.5. The van der Waals surface area contributed by atoms with Gasteiger partial charge in [-0.15, -0.1) is 30.4 Å². The minimum atomic E-state index is -0.234. The third kappa shape index (κ3) is 6.77. The Hall–Kier alpha value is -1.99. The molecule has 1 amide bonds. The van der Waals surface area contributed by atoms with Gasteiger partial charge in [0.15, 0.2) is 5.96 Å². The number of rotatable bonds is 6. The smallest absolute Gasteiger partial charge is 0.251 e. The van der Waals surface area contributed by atoms with Gasteiger partial charge >= 0.3 is 0 Å². The second-order valence-electron chi connectivity index (χ2n) is 7.17. The fraction of sp³-hybridized carbons (Fsp3) is 0.545. The maximum atomic E-state index is 12.5. The van der Waals surface area contributed by atoms with Crippen molar-refractivity contribution in [3.05, 3.63) is 29.8 Å². The Morgan fingerprint density at radius 2 is 1.97 bits per heavy atom. The van der Waals surface area contributed by atoms with E-state index in [0.29, 0.717) is 19.7 Å². The van der Waals surface area contributed by atoms with E-state index in [1.807, 2.05) is 29.2 Å². The van der Waals surface area contributed by atoms with Crippen molar-refractivity contribution in [2.75, 3.05) is 53.0 Å². The Bertz CT molecular complexity index is 734. The number of piperazine rings is 1. The number of aliphatic imine (C=N–C) groups is 1. The van der Waals surface area contributed by atoms with Crippen molar-refractivity contribution in [3.63, 3.8) is 0 Å². The van der Waals surface area contributed by atoms with E-state index in [4.69, 9.17) is 15.9 Å². The molecule has 0 aliphatic carbocycles. The van der Waals surface area contributed by atoms with Crippen LogP contribution in [0.25, 0.3) is 0 Å². The molecule has 0 saturated carbocycles. The lowest BCUT2D eigenvalue weighted by Gasteiger charge is -2.37. The second-order valence-corrected chi connectivity index (χ2v) is 7.17. The van der Waals surface area contributed by atoms with Crippen molar-refractivity contribution < 1.29 is 14.3 Å². The second kappa shape index (κ2) is 12.6. The van der Waals surface area contributed by atoms with Gasteiger partial charge in [0.05, 0.1) is 0 Å². The number of halogens is 1. The number of carbonyl (C=O) groups excluding carboxylic acids is 1. The SMILES string of the molecule is C#CCOc1ccc(CCNC(=NC)N2CCN(C(=O)C3CCCO3)CC2)cc1.I. The Labute approximate surface area is 196 Å². The Balaban J connectivity index is 0.00000320. The standard InChI is InChI=1S/C22H30N4O3.HI/c1-3-16-28-19-8-6-18(7-9-19)10-11-24-22(23-2)26-14-12-25(13-15-26)21(27)20-5-4-17-29-20;/h1,6-9,20H,4-5,10-17H2,2H3,(H,23,24);1H. The predicted molar refractivity (Wildman–Crippen MR) is 128 cm³/mol. The molecule has 164 valence electrons. The van der Waals surface area contributed by atoms with Crippen LogP contribution in [0.4, 0.5) is 0 Å². The molecule has 1 aromatic rings. The lowest BCUT2D eigenvalue weighted by molar-refractivity contribution is -0.142. The third-order valence-corrected chi connectivity index (χ3v) is 5.25. The number of nitrogens with one attached hydrogen (secondary N) is 1. The maximum absolute atomic E-state index is 12.5. The molecule has 2 heterocycles. The van der Waals surface area contributed by atoms with Gasteiger partial charge in [0, 0.05) is 46.4 Å². The molecule has 0 radical (unpaired) electrons. The average Bonchev–Trinajstić information content (AvgIpc) is 3.31. The highest BCUT2D eigenvalue weighted by Crippen LogP contribution is 2.16. The molecule has 0 spiro atoms. The largest absolute Gasteiger partial charge is 0.481 e. The van der Waals surface area contributed by atoms with Crippen molar-refractivity contribution >= 4 is 35.8 Å². The molecule has 0 aromatic heterocycles. The molecule has 3 rings (SSSR count). The zero-order chi connectivity index (χ0) is 20.5. The summed E-state index contributed by atoms with van der Waals surface area (Å²) in [4.78, 5) is 21.0. The number of nitrogens with zero attached hydrogens (tertiary/aromatic N) is 3. The van der Waals surface area contributed by atoms with Crippen LogP contribution in [-0.2, 0) is 16.0 Å². The predicted octanol–water partition coefficient (Wildman–Crippen LogP) is 1.76. The molecular formula is C22H31IN4O3. The Morgan fingerprint density at radius 3 is 2.57 bits per heavy atom. The monoisotopic (exact) mass is 526 g/mol. The summed E-state index contributed by atoms with van der Waals surface area (Å²) in [6.45, 7) is 4.74. The van der Waals surface area contributed by atoms with Crippen LogP contribution >= 0.6 is 24.0 Å². The number of amides is 1. The quantitative estimate of drug-likeness (QED) is 0.265. The van der Waals surface area contributed by atoms with Gasteiger partial charge in [-0.05, 0) is 37.0 Å². The molecule has 1 aromatic carbocycles. The number of terminal acetylenes is 1. The van der Waals surface area contributed by atoms with Gasteiger partial charge in [-0.3, -0.25) is 9.79 Å². The molecule has 8 heteroatoms. The lowest BCUT2D eigenvalue weighted by atomic mass is 10.1. The summed E-state index contributed by atoms with van der Waals surface area (Å²) >= 11 is 0. The van der Waals surface area contributed by atoms with Crippen LogP contribution < -0.4 is 10.1 Å². The molecule has 1 N–H and O–H groups in total. The highest BCUT2D eigenvalue weighted by molar-refractivity contribution is 14.0. The first kappa shape index (κ1) is 24.3. The molecule has 2 aliphatic rings. The van der Waals surface area contributed by atoms with Gasteiger partial charge in [0.25, 0.3) is 5.91 Å². The summed E-state index contributed by atoms with van der Waals surface area (Å²) in [6.07, 6.45) is 7.68. The minimum absolute atomic E-state index is 0. The maximum Gasteiger partial charge on any atom is 0.251 e.